The summed E-state index contributed by atoms with van der Waals surface area (Å²) >= 11 is 0. The zero-order valence-corrected chi connectivity index (χ0v) is 12.4. The Hall–Kier alpha value is -1.71. The summed E-state index contributed by atoms with van der Waals surface area (Å²) in [5, 5.41) is 5.88. The molecule has 2 fully saturated rings. The summed E-state index contributed by atoms with van der Waals surface area (Å²) in [6.45, 7) is 0.791. The van der Waals surface area contributed by atoms with Crippen molar-refractivity contribution in [2.75, 3.05) is 12.3 Å². The molecule has 1 aromatic heterocycles. The lowest BCUT2D eigenvalue weighted by atomic mass is 9.96. The fraction of sp³-hybridized carbons (Fsp3) is 0.588. The van der Waals surface area contributed by atoms with Gasteiger partial charge in [0.1, 0.15) is 5.75 Å². The monoisotopic (exact) mass is 285 g/mol. The molecule has 0 radical (unpaired) electrons. The number of nitrogens with two attached hydrogens (primary N) is 1. The molecule has 2 aromatic rings. The molecule has 2 aliphatic carbocycles. The number of ether oxygens (including phenoxy) is 1. The average Bonchev–Trinajstić information content (AvgIpc) is 3.25. The number of anilines is 1. The standard InChI is InChI=1S/C17H23N3O/c18-15-8-13-10-20(14-4-2-1-3-5-14)19-16(13)9-17(15)21-11-12-6-7-12/h8-10,12,14H,1-7,11,18H2. The fourth-order valence-corrected chi connectivity index (χ4v) is 3.24. The Kier molecular flexibility index (Phi) is 3.24. The second kappa shape index (κ2) is 5.24. The number of benzene rings is 1. The quantitative estimate of drug-likeness (QED) is 0.866. The zero-order chi connectivity index (χ0) is 14.2. The second-order valence-electron chi connectivity index (χ2n) is 6.60. The van der Waals surface area contributed by atoms with E-state index in [1.54, 1.807) is 0 Å². The zero-order valence-electron chi connectivity index (χ0n) is 12.4. The molecule has 4 nitrogen and oxygen atoms in total. The predicted molar refractivity (Wildman–Crippen MR) is 84.5 cm³/mol. The molecule has 4 rings (SSSR count). The average molecular weight is 285 g/mol. The summed E-state index contributed by atoms with van der Waals surface area (Å²) in [6.07, 6.45) is 11.2. The van der Waals surface area contributed by atoms with Crippen LogP contribution in [0.5, 0.6) is 5.75 Å². The first kappa shape index (κ1) is 13.0. The molecule has 0 unspecified atom stereocenters. The first-order chi connectivity index (χ1) is 10.3. The summed E-state index contributed by atoms with van der Waals surface area (Å²) in [5.74, 6) is 1.53. The number of fused-ring (bicyclic) bond motifs is 1. The van der Waals surface area contributed by atoms with Crippen LogP contribution in [0.1, 0.15) is 51.0 Å². The van der Waals surface area contributed by atoms with Crippen molar-refractivity contribution in [3.05, 3.63) is 18.3 Å². The Morgan fingerprint density at radius 1 is 1.14 bits per heavy atom. The highest BCUT2D eigenvalue weighted by Gasteiger charge is 2.22. The maximum Gasteiger partial charge on any atom is 0.144 e. The molecule has 0 bridgehead atoms. The topological polar surface area (TPSA) is 53.1 Å². The number of hydrogen-bond donors (Lipinski definition) is 1. The van der Waals surface area contributed by atoms with Crippen molar-refractivity contribution in [1.82, 2.24) is 9.78 Å². The van der Waals surface area contributed by atoms with Gasteiger partial charge in [-0.2, -0.15) is 5.10 Å². The summed E-state index contributed by atoms with van der Waals surface area (Å²) in [6, 6.07) is 4.57. The molecular weight excluding hydrogens is 262 g/mol. The Bertz CT molecular complexity index is 639. The van der Waals surface area contributed by atoms with Gasteiger partial charge >= 0.3 is 0 Å². The number of nitrogen functional groups attached to an aromatic ring is 1. The van der Waals surface area contributed by atoms with Gasteiger partial charge in [0.25, 0.3) is 0 Å². The maximum absolute atomic E-state index is 6.12. The summed E-state index contributed by atoms with van der Waals surface area (Å²) in [4.78, 5) is 0. The van der Waals surface area contributed by atoms with Crippen molar-refractivity contribution in [2.24, 2.45) is 5.92 Å². The molecule has 4 heteroatoms. The van der Waals surface area contributed by atoms with Gasteiger partial charge in [0.05, 0.1) is 23.9 Å². The molecule has 0 amide bonds. The van der Waals surface area contributed by atoms with Crippen LogP contribution in [0, 0.1) is 5.92 Å². The fourth-order valence-electron chi connectivity index (χ4n) is 3.24. The normalized spacial score (nSPS) is 20.0. The van der Waals surface area contributed by atoms with Crippen LogP contribution in [-0.4, -0.2) is 16.4 Å². The summed E-state index contributed by atoms with van der Waals surface area (Å²) < 4.78 is 8.00. The molecule has 1 aromatic carbocycles. The predicted octanol–water partition coefficient (Wildman–Crippen LogP) is 3.91. The van der Waals surface area contributed by atoms with Crippen molar-refractivity contribution in [3.63, 3.8) is 0 Å². The van der Waals surface area contributed by atoms with Gasteiger partial charge in [-0.15, -0.1) is 0 Å². The smallest absolute Gasteiger partial charge is 0.144 e. The minimum Gasteiger partial charge on any atom is -0.491 e. The van der Waals surface area contributed by atoms with Crippen molar-refractivity contribution < 1.29 is 4.74 Å². The van der Waals surface area contributed by atoms with Crippen LogP contribution in [0.3, 0.4) is 0 Å². The highest BCUT2D eigenvalue weighted by molar-refractivity contribution is 5.84. The van der Waals surface area contributed by atoms with Crippen LogP contribution in [-0.2, 0) is 0 Å². The molecular formula is C17H23N3O. The van der Waals surface area contributed by atoms with Crippen molar-refractivity contribution >= 4 is 16.6 Å². The highest BCUT2D eigenvalue weighted by Crippen LogP contribution is 2.34. The van der Waals surface area contributed by atoms with Crippen LogP contribution in [0.15, 0.2) is 18.3 Å². The Morgan fingerprint density at radius 3 is 2.71 bits per heavy atom. The number of rotatable bonds is 4. The molecule has 2 saturated carbocycles. The lowest BCUT2D eigenvalue weighted by Gasteiger charge is -2.21. The molecule has 2 aliphatic rings. The Labute approximate surface area is 125 Å². The SMILES string of the molecule is Nc1cc2cn(C3CCCCC3)nc2cc1OCC1CC1. The van der Waals surface area contributed by atoms with Gasteiger partial charge in [0.15, 0.2) is 0 Å². The lowest BCUT2D eigenvalue weighted by Crippen LogP contribution is -2.12. The minimum absolute atomic E-state index is 0.559. The van der Waals surface area contributed by atoms with E-state index in [0.29, 0.717) is 6.04 Å². The van der Waals surface area contributed by atoms with Crippen LogP contribution in [0.4, 0.5) is 5.69 Å². The van der Waals surface area contributed by atoms with Crippen LogP contribution >= 0.6 is 0 Å². The van der Waals surface area contributed by atoms with Gasteiger partial charge in [-0.25, -0.2) is 0 Å². The first-order valence-electron chi connectivity index (χ1n) is 8.21. The third kappa shape index (κ3) is 2.71. The van der Waals surface area contributed by atoms with E-state index in [-0.39, 0.29) is 0 Å². The summed E-state index contributed by atoms with van der Waals surface area (Å²) in [5.41, 5.74) is 7.85. The van der Waals surface area contributed by atoms with Gasteiger partial charge < -0.3 is 10.5 Å². The van der Waals surface area contributed by atoms with Crippen molar-refractivity contribution in [1.29, 1.82) is 0 Å². The first-order valence-corrected chi connectivity index (χ1v) is 8.21. The summed E-state index contributed by atoms with van der Waals surface area (Å²) in [7, 11) is 0. The molecule has 0 aliphatic heterocycles. The second-order valence-corrected chi connectivity index (χ2v) is 6.60. The van der Waals surface area contributed by atoms with E-state index in [0.717, 1.165) is 34.9 Å². The largest absolute Gasteiger partial charge is 0.491 e. The molecule has 0 atom stereocenters. The highest BCUT2D eigenvalue weighted by atomic mass is 16.5. The van der Waals surface area contributed by atoms with Crippen LogP contribution < -0.4 is 10.5 Å². The van der Waals surface area contributed by atoms with Crippen molar-refractivity contribution in [2.45, 2.75) is 51.0 Å². The van der Waals surface area contributed by atoms with Gasteiger partial charge in [-0.05, 0) is 37.7 Å². The van der Waals surface area contributed by atoms with E-state index in [9.17, 15) is 0 Å². The van der Waals surface area contributed by atoms with Gasteiger partial charge in [0.2, 0.25) is 0 Å². The maximum atomic E-state index is 6.12. The van der Waals surface area contributed by atoms with E-state index >= 15 is 0 Å². The van der Waals surface area contributed by atoms with Crippen LogP contribution in [0.2, 0.25) is 0 Å². The molecule has 1 heterocycles. The van der Waals surface area contributed by atoms with Gasteiger partial charge in [-0.3, -0.25) is 4.68 Å². The van der Waals surface area contributed by atoms with Gasteiger partial charge in [0, 0.05) is 17.6 Å². The number of aromatic nitrogens is 2. The molecule has 0 saturated heterocycles. The number of hydrogen-bond acceptors (Lipinski definition) is 3. The Morgan fingerprint density at radius 2 is 1.95 bits per heavy atom. The van der Waals surface area contributed by atoms with E-state index in [4.69, 9.17) is 15.6 Å². The molecule has 2 N–H and O–H groups in total. The van der Waals surface area contributed by atoms with E-state index in [1.807, 2.05) is 12.1 Å². The Balaban J connectivity index is 1.60. The van der Waals surface area contributed by atoms with Gasteiger partial charge in [-0.1, -0.05) is 19.3 Å². The van der Waals surface area contributed by atoms with Crippen molar-refractivity contribution in [3.8, 4) is 5.75 Å². The molecule has 21 heavy (non-hydrogen) atoms. The van der Waals surface area contributed by atoms with E-state index < -0.39 is 0 Å². The van der Waals surface area contributed by atoms with Crippen LogP contribution in [0.25, 0.3) is 10.9 Å². The third-order valence-electron chi connectivity index (χ3n) is 4.77. The van der Waals surface area contributed by atoms with E-state index in [1.165, 1.54) is 44.9 Å². The molecule has 112 valence electrons. The minimum atomic E-state index is 0.559. The molecule has 0 spiro atoms. The lowest BCUT2D eigenvalue weighted by molar-refractivity contribution is 0.301. The number of nitrogens with zero attached hydrogens (tertiary/aromatic N) is 2. The van der Waals surface area contributed by atoms with E-state index in [2.05, 4.69) is 10.9 Å². The third-order valence-corrected chi connectivity index (χ3v) is 4.77.